The zero-order valence-corrected chi connectivity index (χ0v) is 12.4. The Labute approximate surface area is 108 Å². The normalized spacial score (nSPS) is 22.2. The molecule has 17 heavy (non-hydrogen) atoms. The van der Waals surface area contributed by atoms with Crippen LogP contribution in [-0.2, 0) is 0 Å². The number of nitrogens with one attached hydrogen (secondary N) is 1. The highest BCUT2D eigenvalue weighted by Crippen LogP contribution is 2.17. The molecule has 0 aliphatic carbocycles. The molecule has 1 aliphatic rings. The van der Waals surface area contributed by atoms with Gasteiger partial charge in [-0.25, -0.2) is 0 Å². The first kappa shape index (κ1) is 15.0. The van der Waals surface area contributed by atoms with E-state index in [2.05, 4.69) is 37.9 Å². The first-order valence-electron chi connectivity index (χ1n) is 7.48. The predicted molar refractivity (Wildman–Crippen MR) is 76.4 cm³/mol. The summed E-state index contributed by atoms with van der Waals surface area (Å²) in [5, 5.41) is 3.63. The van der Waals surface area contributed by atoms with Crippen molar-refractivity contribution in [2.24, 2.45) is 5.92 Å². The Morgan fingerprint density at radius 3 is 2.59 bits per heavy atom. The van der Waals surface area contributed by atoms with Gasteiger partial charge in [-0.3, -0.25) is 0 Å². The number of rotatable bonds is 7. The third-order valence-corrected chi connectivity index (χ3v) is 3.62. The van der Waals surface area contributed by atoms with Crippen LogP contribution in [0, 0.1) is 5.92 Å². The van der Waals surface area contributed by atoms with Gasteiger partial charge in [-0.15, -0.1) is 0 Å². The minimum Gasteiger partial charge on any atom is -0.312 e. The summed E-state index contributed by atoms with van der Waals surface area (Å²) in [7, 11) is 0. The van der Waals surface area contributed by atoms with Crippen LogP contribution in [-0.4, -0.2) is 36.6 Å². The van der Waals surface area contributed by atoms with Crippen molar-refractivity contribution < 1.29 is 0 Å². The van der Waals surface area contributed by atoms with Gasteiger partial charge in [0, 0.05) is 12.1 Å². The maximum absolute atomic E-state index is 3.63. The molecule has 1 atom stereocenters. The maximum atomic E-state index is 3.63. The van der Waals surface area contributed by atoms with Crippen molar-refractivity contribution in [3.05, 3.63) is 0 Å². The van der Waals surface area contributed by atoms with E-state index in [4.69, 9.17) is 0 Å². The lowest BCUT2D eigenvalue weighted by molar-refractivity contribution is 0.304. The van der Waals surface area contributed by atoms with Crippen LogP contribution in [0.15, 0.2) is 0 Å². The van der Waals surface area contributed by atoms with E-state index in [1.54, 1.807) is 0 Å². The number of likely N-dealkylation sites (tertiary alicyclic amines) is 1. The summed E-state index contributed by atoms with van der Waals surface area (Å²) in [5.74, 6) is 0.875. The second kappa shape index (κ2) is 7.38. The molecule has 1 rings (SSSR count). The molecule has 0 aromatic heterocycles. The second-order valence-electron chi connectivity index (χ2n) is 6.65. The topological polar surface area (TPSA) is 15.3 Å². The quantitative estimate of drug-likeness (QED) is 0.687. The molecule has 102 valence electrons. The molecule has 0 radical (unpaired) electrons. The molecule has 2 heteroatoms. The van der Waals surface area contributed by atoms with Gasteiger partial charge in [-0.05, 0) is 59.2 Å². The fourth-order valence-corrected chi connectivity index (χ4v) is 2.50. The Morgan fingerprint density at radius 1 is 1.18 bits per heavy atom. The van der Waals surface area contributed by atoms with E-state index in [0.29, 0.717) is 0 Å². The molecule has 1 unspecified atom stereocenters. The van der Waals surface area contributed by atoms with Crippen LogP contribution < -0.4 is 5.32 Å². The summed E-state index contributed by atoms with van der Waals surface area (Å²) in [4.78, 5) is 2.66. The van der Waals surface area contributed by atoms with Crippen molar-refractivity contribution >= 4 is 0 Å². The first-order valence-corrected chi connectivity index (χ1v) is 7.48. The van der Waals surface area contributed by atoms with E-state index in [1.807, 2.05) is 0 Å². The van der Waals surface area contributed by atoms with Crippen LogP contribution in [0.25, 0.3) is 0 Å². The van der Waals surface area contributed by atoms with Gasteiger partial charge in [-0.2, -0.15) is 0 Å². The second-order valence-corrected chi connectivity index (χ2v) is 6.65. The summed E-state index contributed by atoms with van der Waals surface area (Å²) >= 11 is 0. The highest BCUT2D eigenvalue weighted by molar-refractivity contribution is 4.80. The molecule has 1 N–H and O–H groups in total. The van der Waals surface area contributed by atoms with Gasteiger partial charge in [0.05, 0.1) is 0 Å². The van der Waals surface area contributed by atoms with Crippen LogP contribution in [0.2, 0.25) is 0 Å². The molecule has 1 fully saturated rings. The van der Waals surface area contributed by atoms with E-state index in [9.17, 15) is 0 Å². The van der Waals surface area contributed by atoms with Gasteiger partial charge in [0.1, 0.15) is 0 Å². The molecular formula is C15H32N2. The van der Waals surface area contributed by atoms with E-state index < -0.39 is 0 Å². The molecule has 0 spiro atoms. The van der Waals surface area contributed by atoms with E-state index in [1.165, 1.54) is 58.3 Å². The smallest absolute Gasteiger partial charge is 0.00966 e. The Bertz CT molecular complexity index is 196. The molecule has 1 heterocycles. The van der Waals surface area contributed by atoms with Gasteiger partial charge in [-0.1, -0.05) is 26.2 Å². The zero-order valence-electron chi connectivity index (χ0n) is 12.4. The molecule has 0 aromatic rings. The van der Waals surface area contributed by atoms with Crippen LogP contribution in [0.3, 0.4) is 0 Å². The zero-order chi connectivity index (χ0) is 12.7. The molecule has 0 saturated carbocycles. The summed E-state index contributed by atoms with van der Waals surface area (Å²) in [6.07, 6.45) is 6.95. The van der Waals surface area contributed by atoms with Gasteiger partial charge in [0.2, 0.25) is 0 Å². The highest BCUT2D eigenvalue weighted by Gasteiger charge is 2.22. The fraction of sp³-hybridized carbons (Fsp3) is 1.00. The van der Waals surface area contributed by atoms with Crippen LogP contribution in [0.4, 0.5) is 0 Å². The van der Waals surface area contributed by atoms with Crippen LogP contribution in [0.1, 0.15) is 59.8 Å². The van der Waals surface area contributed by atoms with Crippen molar-refractivity contribution in [3.63, 3.8) is 0 Å². The first-order chi connectivity index (χ1) is 8.01. The number of hydrogen-bond donors (Lipinski definition) is 1. The Morgan fingerprint density at radius 2 is 1.94 bits per heavy atom. The standard InChI is InChI=1S/C15H32N2/c1-5-6-7-8-10-17-11-9-14(13-17)12-16-15(2,3)4/h14,16H,5-13H2,1-4H3. The predicted octanol–water partition coefficient (Wildman–Crippen LogP) is 3.28. The summed E-state index contributed by atoms with van der Waals surface area (Å²) in [5.41, 5.74) is 0.272. The largest absolute Gasteiger partial charge is 0.312 e. The van der Waals surface area contributed by atoms with Gasteiger partial charge < -0.3 is 10.2 Å². The van der Waals surface area contributed by atoms with E-state index >= 15 is 0 Å². The summed E-state index contributed by atoms with van der Waals surface area (Å²) in [6, 6.07) is 0. The Kier molecular flexibility index (Phi) is 6.50. The third-order valence-electron chi connectivity index (χ3n) is 3.62. The Hall–Kier alpha value is -0.0800. The lowest BCUT2D eigenvalue weighted by atomic mass is 10.1. The van der Waals surface area contributed by atoms with Crippen LogP contribution >= 0.6 is 0 Å². The summed E-state index contributed by atoms with van der Waals surface area (Å²) in [6.45, 7) is 14.2. The number of hydrogen-bond acceptors (Lipinski definition) is 2. The van der Waals surface area contributed by atoms with Crippen molar-refractivity contribution in [1.29, 1.82) is 0 Å². The SMILES string of the molecule is CCCCCCN1CCC(CNC(C)(C)C)C1. The van der Waals surface area contributed by atoms with Crippen molar-refractivity contribution in [2.75, 3.05) is 26.2 Å². The molecule has 0 bridgehead atoms. The van der Waals surface area contributed by atoms with Gasteiger partial charge in [0.25, 0.3) is 0 Å². The van der Waals surface area contributed by atoms with Crippen LogP contribution in [0.5, 0.6) is 0 Å². The molecular weight excluding hydrogens is 208 g/mol. The van der Waals surface area contributed by atoms with Crippen molar-refractivity contribution in [1.82, 2.24) is 10.2 Å². The maximum Gasteiger partial charge on any atom is 0.00966 e. The lowest BCUT2D eigenvalue weighted by Crippen LogP contribution is -2.39. The summed E-state index contributed by atoms with van der Waals surface area (Å²) < 4.78 is 0. The minimum atomic E-state index is 0.272. The lowest BCUT2D eigenvalue weighted by Gasteiger charge is -2.23. The molecule has 1 aliphatic heterocycles. The Balaban J connectivity index is 2.06. The number of unbranched alkanes of at least 4 members (excludes halogenated alkanes) is 3. The average Bonchev–Trinajstić information content (AvgIpc) is 2.69. The monoisotopic (exact) mass is 240 g/mol. The highest BCUT2D eigenvalue weighted by atomic mass is 15.1. The number of nitrogens with zero attached hydrogens (tertiary/aromatic N) is 1. The fourth-order valence-electron chi connectivity index (χ4n) is 2.50. The third kappa shape index (κ3) is 7.05. The molecule has 1 saturated heterocycles. The van der Waals surface area contributed by atoms with Gasteiger partial charge in [0.15, 0.2) is 0 Å². The van der Waals surface area contributed by atoms with E-state index in [0.717, 1.165) is 5.92 Å². The van der Waals surface area contributed by atoms with Crippen molar-refractivity contribution in [2.45, 2.75) is 65.3 Å². The molecule has 0 aromatic carbocycles. The minimum absolute atomic E-state index is 0.272. The van der Waals surface area contributed by atoms with Gasteiger partial charge >= 0.3 is 0 Å². The molecule has 0 amide bonds. The van der Waals surface area contributed by atoms with Crippen molar-refractivity contribution in [3.8, 4) is 0 Å². The average molecular weight is 240 g/mol. The van der Waals surface area contributed by atoms with E-state index in [-0.39, 0.29) is 5.54 Å². The molecule has 2 nitrogen and oxygen atoms in total.